The van der Waals surface area contributed by atoms with Gasteiger partial charge in [-0.2, -0.15) is 5.26 Å². The highest BCUT2D eigenvalue weighted by molar-refractivity contribution is 9.09. The molecule has 1 atom stereocenters. The number of aromatic nitrogens is 1. The number of hydrogen-bond acceptors (Lipinski definition) is 3. The van der Waals surface area contributed by atoms with Crippen molar-refractivity contribution >= 4 is 27.7 Å². The van der Waals surface area contributed by atoms with Crippen LogP contribution in [0.5, 0.6) is 0 Å². The summed E-state index contributed by atoms with van der Waals surface area (Å²) in [6.07, 6.45) is 2.07. The summed E-state index contributed by atoms with van der Waals surface area (Å²) in [6.45, 7) is 2.57. The zero-order chi connectivity index (χ0) is 12.4. The van der Waals surface area contributed by atoms with Crippen LogP contribution in [0.2, 0.25) is 0 Å². The van der Waals surface area contributed by atoms with E-state index in [1.807, 2.05) is 13.0 Å². The normalized spacial score (nSPS) is 19.5. The summed E-state index contributed by atoms with van der Waals surface area (Å²) in [7, 11) is 0. The van der Waals surface area contributed by atoms with Crippen molar-refractivity contribution in [1.29, 1.82) is 5.26 Å². The Morgan fingerprint density at radius 2 is 2.47 bits per heavy atom. The Bertz CT molecular complexity index is 495. The molecule has 0 saturated carbocycles. The van der Waals surface area contributed by atoms with Crippen LogP contribution in [0.25, 0.3) is 0 Å². The maximum Gasteiger partial charge on any atom is 0.228 e. The van der Waals surface area contributed by atoms with Gasteiger partial charge in [-0.3, -0.25) is 9.69 Å². The van der Waals surface area contributed by atoms with Crippen molar-refractivity contribution in [3.8, 4) is 6.07 Å². The third-order valence-corrected chi connectivity index (χ3v) is 3.77. The van der Waals surface area contributed by atoms with Crippen LogP contribution in [0.3, 0.4) is 0 Å². The quantitative estimate of drug-likeness (QED) is 0.784. The fraction of sp³-hybridized carbons (Fsp3) is 0.417. The molecule has 88 valence electrons. The number of carbonyl (C=O) groups is 1. The molecule has 1 saturated heterocycles. The predicted octanol–water partition coefficient (Wildman–Crippen LogP) is 2.01. The Morgan fingerprint density at radius 3 is 3.00 bits per heavy atom. The summed E-state index contributed by atoms with van der Waals surface area (Å²) in [5.74, 6) is 1.13. The minimum Gasteiger partial charge on any atom is -0.296 e. The van der Waals surface area contributed by atoms with E-state index >= 15 is 0 Å². The zero-order valence-corrected chi connectivity index (χ0v) is 11.1. The van der Waals surface area contributed by atoms with Crippen LogP contribution in [-0.2, 0) is 4.79 Å². The third kappa shape index (κ3) is 2.32. The number of hydrogen-bond donors (Lipinski definition) is 0. The number of aryl methyl sites for hydroxylation is 1. The molecule has 5 heteroatoms. The molecular weight excluding hydrogens is 282 g/mol. The number of carbonyl (C=O) groups excluding carboxylic acids is 1. The van der Waals surface area contributed by atoms with E-state index < -0.39 is 0 Å². The second-order valence-corrected chi connectivity index (χ2v) is 4.85. The molecule has 1 unspecified atom stereocenters. The second kappa shape index (κ2) is 4.84. The monoisotopic (exact) mass is 293 g/mol. The molecule has 2 rings (SSSR count). The molecular formula is C12H12BrN3O. The van der Waals surface area contributed by atoms with E-state index in [4.69, 9.17) is 5.26 Å². The van der Waals surface area contributed by atoms with Crippen molar-refractivity contribution in [2.45, 2.75) is 13.3 Å². The minimum absolute atomic E-state index is 0.106. The average molecular weight is 294 g/mol. The first-order chi connectivity index (χ1) is 8.15. The molecule has 17 heavy (non-hydrogen) atoms. The number of halogens is 1. The molecule has 0 bridgehead atoms. The number of alkyl halides is 1. The van der Waals surface area contributed by atoms with Crippen LogP contribution in [-0.4, -0.2) is 22.8 Å². The van der Waals surface area contributed by atoms with Crippen LogP contribution in [0.15, 0.2) is 12.3 Å². The van der Waals surface area contributed by atoms with E-state index in [2.05, 4.69) is 20.9 Å². The maximum atomic E-state index is 11.9. The fourth-order valence-corrected chi connectivity index (χ4v) is 2.43. The predicted molar refractivity (Wildman–Crippen MR) is 67.9 cm³/mol. The first-order valence-corrected chi connectivity index (χ1v) is 6.51. The van der Waals surface area contributed by atoms with E-state index in [9.17, 15) is 4.79 Å². The number of nitrogens with zero attached hydrogens (tertiary/aromatic N) is 3. The largest absolute Gasteiger partial charge is 0.296 e. The van der Waals surface area contributed by atoms with Gasteiger partial charge >= 0.3 is 0 Å². The number of rotatable bonds is 2. The Kier molecular flexibility index (Phi) is 3.43. The lowest BCUT2D eigenvalue weighted by Gasteiger charge is -2.17. The van der Waals surface area contributed by atoms with Gasteiger partial charge in [0.15, 0.2) is 0 Å². The van der Waals surface area contributed by atoms with E-state index in [0.29, 0.717) is 30.3 Å². The number of anilines is 1. The molecule has 1 amide bonds. The van der Waals surface area contributed by atoms with E-state index in [-0.39, 0.29) is 5.91 Å². The molecule has 1 aromatic heterocycles. The van der Waals surface area contributed by atoms with Crippen molar-refractivity contribution in [3.05, 3.63) is 23.4 Å². The van der Waals surface area contributed by atoms with Gasteiger partial charge in [0.25, 0.3) is 0 Å². The summed E-state index contributed by atoms with van der Waals surface area (Å²) >= 11 is 3.40. The van der Waals surface area contributed by atoms with Gasteiger partial charge in [-0.05, 0) is 24.5 Å². The van der Waals surface area contributed by atoms with Crippen LogP contribution >= 0.6 is 15.9 Å². The molecule has 1 aromatic rings. The van der Waals surface area contributed by atoms with Gasteiger partial charge in [0, 0.05) is 24.5 Å². The van der Waals surface area contributed by atoms with E-state index in [1.54, 1.807) is 11.0 Å². The molecule has 1 aliphatic rings. The Hall–Kier alpha value is -1.41. The van der Waals surface area contributed by atoms with E-state index in [0.717, 1.165) is 10.9 Å². The topological polar surface area (TPSA) is 57.0 Å². The highest BCUT2D eigenvalue weighted by atomic mass is 79.9. The van der Waals surface area contributed by atoms with Gasteiger partial charge < -0.3 is 0 Å². The lowest BCUT2D eigenvalue weighted by atomic mass is 10.2. The van der Waals surface area contributed by atoms with Gasteiger partial charge in [-0.15, -0.1) is 0 Å². The van der Waals surface area contributed by atoms with Crippen LogP contribution in [0, 0.1) is 24.2 Å². The number of pyridine rings is 1. The summed E-state index contributed by atoms with van der Waals surface area (Å²) in [5.41, 5.74) is 1.39. The smallest absolute Gasteiger partial charge is 0.228 e. The summed E-state index contributed by atoms with van der Waals surface area (Å²) in [6, 6.07) is 3.80. The molecule has 0 spiro atoms. The molecule has 1 fully saturated rings. The van der Waals surface area contributed by atoms with Gasteiger partial charge in [0.05, 0.1) is 5.56 Å². The standard InChI is InChI=1S/C12H12BrN3O/c1-8-2-10(5-14)6-15-12(8)16-7-9(4-13)3-11(16)17/h2,6,9H,3-4,7H2,1H3. The van der Waals surface area contributed by atoms with Crippen LogP contribution < -0.4 is 4.90 Å². The summed E-state index contributed by atoms with van der Waals surface area (Å²) in [4.78, 5) is 17.8. The molecule has 0 radical (unpaired) electrons. The SMILES string of the molecule is Cc1cc(C#N)cnc1N1CC(CBr)CC1=O. The highest BCUT2D eigenvalue weighted by Gasteiger charge is 2.31. The van der Waals surface area contributed by atoms with Crippen molar-refractivity contribution in [2.24, 2.45) is 5.92 Å². The fourth-order valence-electron chi connectivity index (χ4n) is 2.00. The maximum absolute atomic E-state index is 11.9. The van der Waals surface area contributed by atoms with Gasteiger partial charge in [0.1, 0.15) is 11.9 Å². The average Bonchev–Trinajstić information content (AvgIpc) is 2.70. The molecule has 0 aromatic carbocycles. The summed E-state index contributed by atoms with van der Waals surface area (Å²) < 4.78 is 0. The molecule has 0 aliphatic carbocycles. The lowest BCUT2D eigenvalue weighted by molar-refractivity contribution is -0.117. The Labute approximate surface area is 108 Å². The van der Waals surface area contributed by atoms with Crippen LogP contribution in [0.4, 0.5) is 5.82 Å². The van der Waals surface area contributed by atoms with Crippen LogP contribution in [0.1, 0.15) is 17.5 Å². The Balaban J connectivity index is 2.29. The van der Waals surface area contributed by atoms with Crippen molar-refractivity contribution in [3.63, 3.8) is 0 Å². The van der Waals surface area contributed by atoms with Gasteiger partial charge in [-0.25, -0.2) is 4.98 Å². The Morgan fingerprint density at radius 1 is 1.71 bits per heavy atom. The van der Waals surface area contributed by atoms with Gasteiger partial charge in [0.2, 0.25) is 5.91 Å². The first-order valence-electron chi connectivity index (χ1n) is 5.38. The number of nitriles is 1. The van der Waals surface area contributed by atoms with Gasteiger partial charge in [-0.1, -0.05) is 15.9 Å². The molecule has 2 heterocycles. The van der Waals surface area contributed by atoms with Crippen molar-refractivity contribution in [1.82, 2.24) is 4.98 Å². The molecule has 1 aliphatic heterocycles. The van der Waals surface area contributed by atoms with E-state index in [1.165, 1.54) is 6.20 Å². The summed E-state index contributed by atoms with van der Waals surface area (Å²) in [5, 5.41) is 9.60. The molecule has 0 N–H and O–H groups in total. The highest BCUT2D eigenvalue weighted by Crippen LogP contribution is 2.27. The molecule has 4 nitrogen and oxygen atoms in total. The lowest BCUT2D eigenvalue weighted by Crippen LogP contribution is -2.26. The second-order valence-electron chi connectivity index (χ2n) is 4.21. The third-order valence-electron chi connectivity index (χ3n) is 2.86. The number of amides is 1. The zero-order valence-electron chi connectivity index (χ0n) is 9.48. The van der Waals surface area contributed by atoms with Crippen molar-refractivity contribution < 1.29 is 4.79 Å². The minimum atomic E-state index is 0.106. The van der Waals surface area contributed by atoms with Crippen molar-refractivity contribution in [2.75, 3.05) is 16.8 Å². The first kappa shape index (κ1) is 12.1.